The van der Waals surface area contributed by atoms with Crippen LogP contribution in [0.3, 0.4) is 0 Å². The number of fused-ring (bicyclic) bond motifs is 1. The minimum Gasteiger partial charge on any atom is -0.454 e. The van der Waals surface area contributed by atoms with Gasteiger partial charge in [-0.1, -0.05) is 11.6 Å². The number of ether oxygens (including phenoxy) is 3. The molecule has 1 N–H and O–H groups in total. The number of nitrogens with one attached hydrogen (secondary N) is 1. The summed E-state index contributed by atoms with van der Waals surface area (Å²) in [5.74, 6) is 1.39. The second-order valence-corrected chi connectivity index (χ2v) is 5.13. The molecule has 1 aliphatic heterocycles. The van der Waals surface area contributed by atoms with Crippen molar-refractivity contribution in [3.8, 4) is 11.5 Å². The van der Waals surface area contributed by atoms with Crippen LogP contribution < -0.4 is 14.8 Å². The third-order valence-electron chi connectivity index (χ3n) is 3.51. The number of benzene rings is 1. The summed E-state index contributed by atoms with van der Waals surface area (Å²) < 4.78 is 15.9. The molecular formula is C13H16ClNO3. The molecule has 0 atom stereocenters. The summed E-state index contributed by atoms with van der Waals surface area (Å²) in [5, 5.41) is 4.10. The monoisotopic (exact) mass is 269 g/mol. The number of methoxy groups -OCH3 is 1. The Morgan fingerprint density at radius 2 is 2.22 bits per heavy atom. The fourth-order valence-corrected chi connectivity index (χ4v) is 2.60. The lowest BCUT2D eigenvalue weighted by atomic mass is 9.89. The third-order valence-corrected chi connectivity index (χ3v) is 3.79. The molecule has 2 aliphatic rings. The van der Waals surface area contributed by atoms with E-state index in [0.717, 1.165) is 30.7 Å². The van der Waals surface area contributed by atoms with E-state index in [-0.39, 0.29) is 6.79 Å². The van der Waals surface area contributed by atoms with Gasteiger partial charge in [0.2, 0.25) is 6.79 Å². The molecule has 18 heavy (non-hydrogen) atoms. The first-order valence-electron chi connectivity index (χ1n) is 6.10. The van der Waals surface area contributed by atoms with E-state index in [2.05, 4.69) is 5.32 Å². The van der Waals surface area contributed by atoms with Crippen molar-refractivity contribution in [3.63, 3.8) is 0 Å². The van der Waals surface area contributed by atoms with E-state index in [9.17, 15) is 0 Å². The molecule has 0 unspecified atom stereocenters. The van der Waals surface area contributed by atoms with Gasteiger partial charge in [-0.2, -0.15) is 0 Å². The Morgan fingerprint density at radius 1 is 1.39 bits per heavy atom. The highest BCUT2D eigenvalue weighted by Gasteiger charge is 2.28. The first kappa shape index (κ1) is 12.1. The summed E-state index contributed by atoms with van der Waals surface area (Å²) in [6.07, 6.45) is 2.58. The van der Waals surface area contributed by atoms with Gasteiger partial charge in [0, 0.05) is 19.7 Å². The van der Waals surface area contributed by atoms with Crippen molar-refractivity contribution in [1.82, 2.24) is 5.32 Å². The highest BCUT2D eigenvalue weighted by molar-refractivity contribution is 6.32. The predicted octanol–water partition coefficient (Wildman–Crippen LogP) is 2.34. The largest absolute Gasteiger partial charge is 0.454 e. The van der Waals surface area contributed by atoms with Gasteiger partial charge in [-0.3, -0.25) is 0 Å². The SMILES string of the molecule is COC1CC(NCc2cc(Cl)c3c(c2)OCO3)C1. The first-order valence-corrected chi connectivity index (χ1v) is 6.48. The van der Waals surface area contributed by atoms with Gasteiger partial charge in [-0.25, -0.2) is 0 Å². The van der Waals surface area contributed by atoms with E-state index in [0.29, 0.717) is 22.9 Å². The van der Waals surface area contributed by atoms with Crippen molar-refractivity contribution < 1.29 is 14.2 Å². The van der Waals surface area contributed by atoms with Crippen molar-refractivity contribution >= 4 is 11.6 Å². The Balaban J connectivity index is 1.59. The van der Waals surface area contributed by atoms with E-state index in [4.69, 9.17) is 25.8 Å². The Labute approximate surface area is 111 Å². The van der Waals surface area contributed by atoms with Crippen LogP contribution in [-0.4, -0.2) is 26.0 Å². The summed E-state index contributed by atoms with van der Waals surface area (Å²) in [7, 11) is 1.76. The Kier molecular flexibility index (Phi) is 3.33. The van der Waals surface area contributed by atoms with E-state index in [1.54, 1.807) is 7.11 Å². The van der Waals surface area contributed by atoms with Crippen LogP contribution in [0, 0.1) is 0 Å². The lowest BCUT2D eigenvalue weighted by molar-refractivity contribution is 0.0170. The maximum atomic E-state index is 6.13. The molecule has 0 saturated heterocycles. The zero-order valence-corrected chi connectivity index (χ0v) is 11.0. The van der Waals surface area contributed by atoms with E-state index in [1.807, 2.05) is 12.1 Å². The Bertz CT molecular complexity index is 446. The molecular weight excluding hydrogens is 254 g/mol. The van der Waals surface area contributed by atoms with Crippen molar-refractivity contribution in [1.29, 1.82) is 0 Å². The molecule has 1 saturated carbocycles. The summed E-state index contributed by atoms with van der Waals surface area (Å²) in [4.78, 5) is 0. The number of hydrogen-bond donors (Lipinski definition) is 1. The topological polar surface area (TPSA) is 39.7 Å². The lowest BCUT2D eigenvalue weighted by Gasteiger charge is -2.34. The maximum Gasteiger partial charge on any atom is 0.231 e. The predicted molar refractivity (Wildman–Crippen MR) is 68.2 cm³/mol. The van der Waals surface area contributed by atoms with Gasteiger partial charge >= 0.3 is 0 Å². The van der Waals surface area contributed by atoms with Crippen molar-refractivity contribution in [2.75, 3.05) is 13.9 Å². The molecule has 1 aromatic rings. The van der Waals surface area contributed by atoms with Gasteiger partial charge in [0.25, 0.3) is 0 Å². The minimum atomic E-state index is 0.254. The van der Waals surface area contributed by atoms with Crippen LogP contribution in [0.1, 0.15) is 18.4 Å². The van der Waals surface area contributed by atoms with E-state index < -0.39 is 0 Å². The average Bonchev–Trinajstić information content (AvgIpc) is 2.76. The molecule has 98 valence electrons. The van der Waals surface area contributed by atoms with Gasteiger partial charge < -0.3 is 19.5 Å². The molecule has 0 aromatic heterocycles. The molecule has 4 nitrogen and oxygen atoms in total. The van der Waals surface area contributed by atoms with Gasteiger partial charge in [0.1, 0.15) is 0 Å². The van der Waals surface area contributed by atoms with Gasteiger partial charge in [-0.15, -0.1) is 0 Å². The highest BCUT2D eigenvalue weighted by atomic mass is 35.5. The molecule has 1 fully saturated rings. The molecule has 0 amide bonds. The first-order chi connectivity index (χ1) is 8.76. The van der Waals surface area contributed by atoms with Crippen LogP contribution in [-0.2, 0) is 11.3 Å². The number of halogens is 1. The molecule has 5 heteroatoms. The molecule has 1 heterocycles. The molecule has 3 rings (SSSR count). The second kappa shape index (κ2) is 4.96. The molecule has 0 bridgehead atoms. The van der Waals surface area contributed by atoms with E-state index >= 15 is 0 Å². The molecule has 1 aromatic carbocycles. The quantitative estimate of drug-likeness (QED) is 0.911. The van der Waals surface area contributed by atoms with Crippen LogP contribution in [0.5, 0.6) is 11.5 Å². The Hall–Kier alpha value is -0.970. The van der Waals surface area contributed by atoms with E-state index in [1.165, 1.54) is 0 Å². The fraction of sp³-hybridized carbons (Fsp3) is 0.538. The number of rotatable bonds is 4. The lowest BCUT2D eigenvalue weighted by Crippen LogP contribution is -2.44. The van der Waals surface area contributed by atoms with Crippen molar-refractivity contribution in [3.05, 3.63) is 22.7 Å². The van der Waals surface area contributed by atoms with Crippen LogP contribution in [0.2, 0.25) is 5.02 Å². The summed E-state index contributed by atoms with van der Waals surface area (Å²) in [5.41, 5.74) is 1.12. The third kappa shape index (κ3) is 2.28. The van der Waals surface area contributed by atoms with Gasteiger partial charge in [0.05, 0.1) is 11.1 Å². The zero-order chi connectivity index (χ0) is 12.5. The fourth-order valence-electron chi connectivity index (χ4n) is 2.31. The second-order valence-electron chi connectivity index (χ2n) is 4.72. The summed E-state index contributed by atoms with van der Waals surface area (Å²) in [6, 6.07) is 4.45. The number of hydrogen-bond acceptors (Lipinski definition) is 4. The minimum absolute atomic E-state index is 0.254. The highest BCUT2D eigenvalue weighted by Crippen LogP contribution is 2.39. The standard InChI is InChI=1S/C13H16ClNO3/c1-16-10-4-9(5-10)15-6-8-2-11(14)13-12(3-8)17-7-18-13/h2-3,9-10,15H,4-7H2,1H3. The molecule has 0 radical (unpaired) electrons. The normalized spacial score (nSPS) is 25.0. The van der Waals surface area contributed by atoms with Crippen molar-refractivity contribution in [2.24, 2.45) is 0 Å². The van der Waals surface area contributed by atoms with Crippen LogP contribution in [0.15, 0.2) is 12.1 Å². The van der Waals surface area contributed by atoms with Crippen LogP contribution in [0.4, 0.5) is 0 Å². The van der Waals surface area contributed by atoms with Gasteiger partial charge in [0.15, 0.2) is 11.5 Å². The van der Waals surface area contributed by atoms with Crippen LogP contribution >= 0.6 is 11.6 Å². The average molecular weight is 270 g/mol. The van der Waals surface area contributed by atoms with Crippen molar-refractivity contribution in [2.45, 2.75) is 31.5 Å². The smallest absolute Gasteiger partial charge is 0.231 e. The summed E-state index contributed by atoms with van der Waals surface area (Å²) in [6.45, 7) is 1.04. The maximum absolute atomic E-state index is 6.13. The van der Waals surface area contributed by atoms with Gasteiger partial charge in [-0.05, 0) is 30.5 Å². The zero-order valence-electron chi connectivity index (χ0n) is 10.2. The molecule has 0 spiro atoms. The molecule has 1 aliphatic carbocycles. The summed E-state index contributed by atoms with van der Waals surface area (Å²) >= 11 is 6.13. The van der Waals surface area contributed by atoms with Crippen LogP contribution in [0.25, 0.3) is 0 Å². The Morgan fingerprint density at radius 3 is 3.00 bits per heavy atom.